The van der Waals surface area contributed by atoms with Gasteiger partial charge in [0.15, 0.2) is 0 Å². The first kappa shape index (κ1) is 10.0. The van der Waals surface area contributed by atoms with Gasteiger partial charge >= 0.3 is 0 Å². The van der Waals surface area contributed by atoms with Crippen molar-refractivity contribution in [2.45, 2.75) is 53.1 Å². The lowest BCUT2D eigenvalue weighted by atomic mass is 9.89. The van der Waals surface area contributed by atoms with Gasteiger partial charge in [0.1, 0.15) is 0 Å². The second-order valence-electron chi connectivity index (χ2n) is 4.69. The van der Waals surface area contributed by atoms with E-state index in [2.05, 4.69) is 27.7 Å². The van der Waals surface area contributed by atoms with E-state index < -0.39 is 0 Å². The van der Waals surface area contributed by atoms with Gasteiger partial charge in [-0.1, -0.05) is 13.8 Å². The van der Waals surface area contributed by atoms with Crippen molar-refractivity contribution < 1.29 is 4.74 Å². The zero-order valence-corrected chi connectivity index (χ0v) is 8.89. The smallest absolute Gasteiger partial charge is 0.0518 e. The minimum absolute atomic E-state index is 0.396. The number of ether oxygens (including phenoxy) is 1. The number of rotatable bonds is 5. The van der Waals surface area contributed by atoms with Crippen LogP contribution in [0.2, 0.25) is 0 Å². The van der Waals surface area contributed by atoms with Crippen molar-refractivity contribution in [3.63, 3.8) is 0 Å². The minimum Gasteiger partial charge on any atom is -0.379 e. The highest BCUT2D eigenvalue weighted by Gasteiger charge is 2.44. The van der Waals surface area contributed by atoms with Crippen LogP contribution in [0.1, 0.15) is 47.0 Å². The lowest BCUT2D eigenvalue weighted by Gasteiger charge is -2.19. The van der Waals surface area contributed by atoms with Crippen LogP contribution >= 0.6 is 0 Å². The lowest BCUT2D eigenvalue weighted by molar-refractivity contribution is 0.0604. The molecular formula is C11H22O. The maximum Gasteiger partial charge on any atom is 0.0518 e. The van der Waals surface area contributed by atoms with Crippen molar-refractivity contribution in [2.24, 2.45) is 11.3 Å². The molecule has 1 aliphatic rings. The van der Waals surface area contributed by atoms with E-state index >= 15 is 0 Å². The average molecular weight is 170 g/mol. The molecule has 0 amide bonds. The molecule has 1 fully saturated rings. The molecule has 0 aliphatic heterocycles. The van der Waals surface area contributed by atoms with Crippen LogP contribution in [0, 0.1) is 11.3 Å². The summed E-state index contributed by atoms with van der Waals surface area (Å²) >= 11 is 0. The Morgan fingerprint density at radius 3 is 2.08 bits per heavy atom. The van der Waals surface area contributed by atoms with Gasteiger partial charge in [0.25, 0.3) is 0 Å². The summed E-state index contributed by atoms with van der Waals surface area (Å²) in [6.07, 6.45) is 4.51. The van der Waals surface area contributed by atoms with Gasteiger partial charge in [-0.15, -0.1) is 0 Å². The summed E-state index contributed by atoms with van der Waals surface area (Å²) < 4.78 is 5.57. The summed E-state index contributed by atoms with van der Waals surface area (Å²) in [6, 6.07) is 0. The largest absolute Gasteiger partial charge is 0.379 e. The molecule has 0 spiro atoms. The van der Waals surface area contributed by atoms with Gasteiger partial charge in [-0.05, 0) is 44.4 Å². The second kappa shape index (κ2) is 3.78. The normalized spacial score (nSPS) is 20.5. The maximum absolute atomic E-state index is 5.57. The van der Waals surface area contributed by atoms with Crippen molar-refractivity contribution in [2.75, 3.05) is 6.61 Å². The van der Waals surface area contributed by atoms with E-state index in [-0.39, 0.29) is 0 Å². The van der Waals surface area contributed by atoms with E-state index in [9.17, 15) is 0 Å². The summed E-state index contributed by atoms with van der Waals surface area (Å²) in [5, 5.41) is 0. The van der Waals surface area contributed by atoms with Gasteiger partial charge in [-0.3, -0.25) is 0 Å². The van der Waals surface area contributed by atoms with Gasteiger partial charge in [0.2, 0.25) is 0 Å². The Morgan fingerprint density at radius 1 is 1.17 bits per heavy atom. The van der Waals surface area contributed by atoms with Crippen molar-refractivity contribution in [1.82, 2.24) is 0 Å². The third kappa shape index (κ3) is 2.48. The highest BCUT2D eigenvalue weighted by molar-refractivity contribution is 4.95. The lowest BCUT2D eigenvalue weighted by Crippen LogP contribution is -2.14. The van der Waals surface area contributed by atoms with E-state index in [1.54, 1.807) is 0 Å². The molecule has 0 aromatic carbocycles. The molecule has 12 heavy (non-hydrogen) atoms. The molecule has 0 heterocycles. The molecule has 1 rings (SSSR count). The summed E-state index contributed by atoms with van der Waals surface area (Å²) in [5.41, 5.74) is 0.662. The standard InChI is InChI=1S/C11H22O/c1-9(2)11(5-6-11)7-8-12-10(3)4/h9-10H,5-8H2,1-4H3. The summed E-state index contributed by atoms with van der Waals surface area (Å²) in [4.78, 5) is 0. The van der Waals surface area contributed by atoms with Crippen LogP contribution in [-0.4, -0.2) is 12.7 Å². The van der Waals surface area contributed by atoms with E-state index in [4.69, 9.17) is 4.74 Å². The van der Waals surface area contributed by atoms with Crippen LogP contribution in [0.3, 0.4) is 0 Å². The molecule has 1 aliphatic carbocycles. The van der Waals surface area contributed by atoms with Crippen molar-refractivity contribution in [3.8, 4) is 0 Å². The quantitative estimate of drug-likeness (QED) is 0.615. The first-order valence-corrected chi connectivity index (χ1v) is 5.18. The number of hydrogen-bond acceptors (Lipinski definition) is 1. The van der Waals surface area contributed by atoms with Gasteiger partial charge in [0.05, 0.1) is 6.10 Å². The third-order valence-corrected chi connectivity index (χ3v) is 3.17. The summed E-state index contributed by atoms with van der Waals surface area (Å²) in [7, 11) is 0. The van der Waals surface area contributed by atoms with Crippen molar-refractivity contribution in [3.05, 3.63) is 0 Å². The molecule has 0 aromatic rings. The van der Waals surface area contributed by atoms with Gasteiger partial charge in [-0.25, -0.2) is 0 Å². The van der Waals surface area contributed by atoms with E-state index in [1.807, 2.05) is 0 Å². The Bertz CT molecular complexity index is 134. The molecular weight excluding hydrogens is 148 g/mol. The molecule has 0 N–H and O–H groups in total. The van der Waals surface area contributed by atoms with Gasteiger partial charge < -0.3 is 4.74 Å². The monoisotopic (exact) mass is 170 g/mol. The van der Waals surface area contributed by atoms with Gasteiger partial charge in [-0.2, -0.15) is 0 Å². The van der Waals surface area contributed by atoms with Gasteiger partial charge in [0, 0.05) is 6.61 Å². The predicted molar refractivity (Wildman–Crippen MR) is 52.2 cm³/mol. The van der Waals surface area contributed by atoms with Crippen LogP contribution < -0.4 is 0 Å². The Balaban J connectivity index is 2.14. The van der Waals surface area contributed by atoms with Crippen molar-refractivity contribution in [1.29, 1.82) is 0 Å². The topological polar surface area (TPSA) is 9.23 Å². The Kier molecular flexibility index (Phi) is 3.16. The van der Waals surface area contributed by atoms with Crippen molar-refractivity contribution >= 4 is 0 Å². The Morgan fingerprint density at radius 2 is 1.75 bits per heavy atom. The molecule has 0 saturated heterocycles. The predicted octanol–water partition coefficient (Wildman–Crippen LogP) is 3.24. The first-order chi connectivity index (χ1) is 5.57. The highest BCUT2D eigenvalue weighted by Crippen LogP contribution is 2.54. The maximum atomic E-state index is 5.57. The van der Waals surface area contributed by atoms with E-state index in [0.717, 1.165) is 12.5 Å². The van der Waals surface area contributed by atoms with Crippen LogP contribution in [0.25, 0.3) is 0 Å². The van der Waals surface area contributed by atoms with E-state index in [1.165, 1.54) is 19.3 Å². The molecule has 1 heteroatoms. The van der Waals surface area contributed by atoms with Crippen LogP contribution in [0.15, 0.2) is 0 Å². The fourth-order valence-electron chi connectivity index (χ4n) is 1.77. The Labute approximate surface area is 76.5 Å². The molecule has 0 atom stereocenters. The highest BCUT2D eigenvalue weighted by atomic mass is 16.5. The third-order valence-electron chi connectivity index (χ3n) is 3.17. The Hall–Kier alpha value is -0.0400. The van der Waals surface area contributed by atoms with Crippen LogP contribution in [0.5, 0.6) is 0 Å². The summed E-state index contributed by atoms with van der Waals surface area (Å²) in [5.74, 6) is 0.841. The molecule has 0 bridgehead atoms. The zero-order valence-electron chi connectivity index (χ0n) is 8.89. The average Bonchev–Trinajstić information content (AvgIpc) is 2.68. The minimum atomic E-state index is 0.396. The first-order valence-electron chi connectivity index (χ1n) is 5.18. The zero-order chi connectivity index (χ0) is 9.19. The molecule has 0 aromatic heterocycles. The fraction of sp³-hybridized carbons (Fsp3) is 1.00. The van der Waals surface area contributed by atoms with E-state index in [0.29, 0.717) is 11.5 Å². The molecule has 72 valence electrons. The molecule has 1 saturated carbocycles. The SMILES string of the molecule is CC(C)OCCC1(C(C)C)CC1. The summed E-state index contributed by atoms with van der Waals surface area (Å²) in [6.45, 7) is 9.84. The fourth-order valence-corrected chi connectivity index (χ4v) is 1.77. The molecule has 0 radical (unpaired) electrons. The molecule has 1 nitrogen and oxygen atoms in total. The number of hydrogen-bond donors (Lipinski definition) is 0. The second-order valence-corrected chi connectivity index (χ2v) is 4.69. The molecule has 0 unspecified atom stereocenters. The van der Waals surface area contributed by atoms with Crippen LogP contribution in [0.4, 0.5) is 0 Å². The van der Waals surface area contributed by atoms with Crippen LogP contribution in [-0.2, 0) is 4.74 Å².